The number of hydrogen-bond acceptors (Lipinski definition) is 10. The minimum Gasteiger partial charge on any atom is -0.457 e. The van der Waals surface area contributed by atoms with Crippen molar-refractivity contribution in [1.82, 2.24) is 20.2 Å². The molecule has 47 heavy (non-hydrogen) atoms. The van der Waals surface area contributed by atoms with E-state index in [2.05, 4.69) is 10.6 Å². The number of rotatable bonds is 15. The van der Waals surface area contributed by atoms with Gasteiger partial charge in [0.05, 0.1) is 35.6 Å². The van der Waals surface area contributed by atoms with Gasteiger partial charge in [0.2, 0.25) is 11.5 Å². The van der Waals surface area contributed by atoms with Gasteiger partial charge in [0.1, 0.15) is 24.7 Å². The van der Waals surface area contributed by atoms with Crippen LogP contribution in [0.15, 0.2) is 41.2 Å². The van der Waals surface area contributed by atoms with Crippen LogP contribution in [0.3, 0.4) is 0 Å². The molecule has 1 amide bonds. The Bertz CT molecular complexity index is 1800. The molecule has 4 heterocycles. The van der Waals surface area contributed by atoms with Gasteiger partial charge in [-0.15, -0.1) is 0 Å². The number of ether oxygens (including phenoxy) is 2. The normalized spacial score (nSPS) is 16.9. The lowest BCUT2D eigenvalue weighted by molar-refractivity contribution is -0.189. The molecule has 1 aromatic carbocycles. The highest BCUT2D eigenvalue weighted by atomic mass is 16.6. The molecule has 2 N–H and O–H groups in total. The third-order valence-corrected chi connectivity index (χ3v) is 8.99. The highest BCUT2D eigenvalue weighted by Crippen LogP contribution is 2.40. The first-order valence-electron chi connectivity index (χ1n) is 16.1. The van der Waals surface area contributed by atoms with E-state index < -0.39 is 30.0 Å². The van der Waals surface area contributed by atoms with Crippen molar-refractivity contribution in [3.63, 3.8) is 0 Å². The Morgan fingerprint density at radius 3 is 2.64 bits per heavy atom. The molecule has 2 aliphatic heterocycles. The van der Waals surface area contributed by atoms with Crippen LogP contribution in [0.25, 0.3) is 22.3 Å². The molecule has 0 aliphatic carbocycles. The zero-order chi connectivity index (χ0) is 33.7. The molecule has 0 saturated carbocycles. The van der Waals surface area contributed by atoms with E-state index >= 15 is 0 Å². The topological polar surface area (TPSA) is 163 Å². The van der Waals surface area contributed by atoms with Crippen molar-refractivity contribution in [2.24, 2.45) is 5.92 Å². The van der Waals surface area contributed by atoms with Crippen LogP contribution in [-0.2, 0) is 52.2 Å². The monoisotopic (exact) mass is 644 g/mol. The molecule has 0 fully saturated rings. The average molecular weight is 645 g/mol. The van der Waals surface area contributed by atoms with Gasteiger partial charge in [0.15, 0.2) is 0 Å². The SMILES string of the molecule is CC[C@]1(OC(=O)CNC(=O)CCC(=O)CNCCCC[C@@H](C)C(C)=O)C(=O)OCc2c1cc1n(c2=O)Cc2cc3ccccc3nc2-1. The van der Waals surface area contributed by atoms with Gasteiger partial charge in [-0.3, -0.25) is 24.0 Å². The maximum absolute atomic E-state index is 13.7. The van der Waals surface area contributed by atoms with E-state index in [9.17, 15) is 28.8 Å². The number of ketones is 2. The maximum atomic E-state index is 13.7. The van der Waals surface area contributed by atoms with E-state index in [-0.39, 0.29) is 66.6 Å². The van der Waals surface area contributed by atoms with Gasteiger partial charge >= 0.3 is 11.9 Å². The molecule has 248 valence electrons. The van der Waals surface area contributed by atoms with Gasteiger partial charge < -0.3 is 24.7 Å². The molecule has 12 nitrogen and oxygen atoms in total. The molecule has 3 aromatic rings. The third kappa shape index (κ3) is 7.17. The Balaban J connectivity index is 1.18. The van der Waals surface area contributed by atoms with Crippen LogP contribution < -0.4 is 16.2 Å². The summed E-state index contributed by atoms with van der Waals surface area (Å²) in [6.45, 7) is 5.42. The van der Waals surface area contributed by atoms with Crippen LogP contribution in [0.5, 0.6) is 0 Å². The second-order valence-corrected chi connectivity index (χ2v) is 12.2. The summed E-state index contributed by atoms with van der Waals surface area (Å²) in [7, 11) is 0. The Kier molecular flexibility index (Phi) is 10.3. The molecular weight excluding hydrogens is 604 g/mol. The molecular formula is C35H40N4O8. The summed E-state index contributed by atoms with van der Waals surface area (Å²) in [6, 6.07) is 11.3. The zero-order valence-electron chi connectivity index (χ0n) is 27.0. The molecule has 0 saturated heterocycles. The first kappa shape index (κ1) is 33.6. The van der Waals surface area contributed by atoms with Crippen molar-refractivity contribution in [3.8, 4) is 11.4 Å². The van der Waals surface area contributed by atoms with Gasteiger partial charge in [-0.2, -0.15) is 0 Å². The number of aromatic nitrogens is 2. The average Bonchev–Trinajstić information content (AvgIpc) is 3.42. The minimum absolute atomic E-state index is 0.00330. The number of benzene rings is 1. The molecule has 2 atom stereocenters. The van der Waals surface area contributed by atoms with Crippen LogP contribution in [-0.4, -0.2) is 58.6 Å². The first-order valence-corrected chi connectivity index (χ1v) is 16.1. The van der Waals surface area contributed by atoms with Gasteiger partial charge in [0.25, 0.3) is 5.56 Å². The van der Waals surface area contributed by atoms with Crippen molar-refractivity contribution in [3.05, 3.63) is 63.4 Å². The third-order valence-electron chi connectivity index (χ3n) is 8.99. The number of nitrogens with zero attached hydrogens (tertiary/aromatic N) is 2. The zero-order valence-corrected chi connectivity index (χ0v) is 27.0. The number of unbranched alkanes of at least 4 members (excludes halogenated alkanes) is 1. The van der Waals surface area contributed by atoms with Crippen molar-refractivity contribution in [2.45, 2.75) is 78.0 Å². The van der Waals surface area contributed by atoms with Gasteiger partial charge in [-0.1, -0.05) is 38.5 Å². The number of carbonyl (C=O) groups excluding carboxylic acids is 5. The lowest BCUT2D eigenvalue weighted by atomic mass is 9.85. The van der Waals surface area contributed by atoms with Gasteiger partial charge in [0, 0.05) is 35.3 Å². The standard InChI is InChI=1S/C35H40N4O8/c1-4-35(47-31(43)18-37-30(42)13-12-25(41)17-36-14-8-7-9-21(2)22(3)40)27-16-29-32-24(15-23-10-5-6-11-28(23)38-32)19-39(29)33(44)26(27)20-46-34(35)45/h5-6,10-11,15-16,21,36H,4,7-9,12-14,17-20H2,1-3H3,(H,37,42)/t21-,35-/m1/s1. The van der Waals surface area contributed by atoms with E-state index in [4.69, 9.17) is 14.5 Å². The summed E-state index contributed by atoms with van der Waals surface area (Å²) in [5.41, 5.74) is 1.01. The highest BCUT2D eigenvalue weighted by molar-refractivity contribution is 5.90. The Morgan fingerprint density at radius 2 is 1.87 bits per heavy atom. The fourth-order valence-corrected chi connectivity index (χ4v) is 6.04. The number of pyridine rings is 2. The fraction of sp³-hybridized carbons (Fsp3) is 0.457. The van der Waals surface area contributed by atoms with Crippen LogP contribution in [0.2, 0.25) is 0 Å². The minimum atomic E-state index is -1.88. The Hall–Kier alpha value is -4.71. The van der Waals surface area contributed by atoms with Gasteiger partial charge in [-0.05, 0) is 50.9 Å². The number of esters is 2. The van der Waals surface area contributed by atoms with Crippen molar-refractivity contribution in [1.29, 1.82) is 0 Å². The second-order valence-electron chi connectivity index (χ2n) is 12.2. The van der Waals surface area contributed by atoms with E-state index in [0.29, 0.717) is 24.5 Å². The number of nitrogens with one attached hydrogen (secondary N) is 2. The number of hydrogen-bond donors (Lipinski definition) is 2. The number of cyclic esters (lactones) is 1. The van der Waals surface area contributed by atoms with E-state index in [1.165, 1.54) is 0 Å². The Labute approximate surface area is 272 Å². The largest absolute Gasteiger partial charge is 0.457 e. The molecule has 0 unspecified atom stereocenters. The summed E-state index contributed by atoms with van der Waals surface area (Å²) in [4.78, 5) is 80.6. The number of Topliss-reactive ketones (excluding diaryl/α,β-unsaturated/α-hetero) is 2. The van der Waals surface area contributed by atoms with Crippen molar-refractivity contribution in [2.75, 3.05) is 19.6 Å². The first-order chi connectivity index (χ1) is 22.5. The van der Waals surface area contributed by atoms with Crippen LogP contribution >= 0.6 is 0 Å². The number of carbonyl (C=O) groups is 5. The highest BCUT2D eigenvalue weighted by Gasteiger charge is 2.50. The van der Waals surface area contributed by atoms with Crippen molar-refractivity contribution >= 4 is 40.3 Å². The van der Waals surface area contributed by atoms with Crippen molar-refractivity contribution < 1.29 is 33.4 Å². The van der Waals surface area contributed by atoms with E-state index in [1.807, 2.05) is 37.3 Å². The molecule has 5 rings (SSSR count). The predicted octanol–water partition coefficient (Wildman–Crippen LogP) is 3.08. The van der Waals surface area contributed by atoms with Crippen LogP contribution in [0.1, 0.15) is 76.0 Å². The number of para-hydroxylation sites is 1. The lowest BCUT2D eigenvalue weighted by Crippen LogP contribution is -2.48. The second kappa shape index (κ2) is 14.4. The molecule has 2 aliphatic rings. The molecule has 0 radical (unpaired) electrons. The quantitative estimate of drug-likeness (QED) is 0.145. The van der Waals surface area contributed by atoms with E-state index in [0.717, 1.165) is 35.7 Å². The summed E-state index contributed by atoms with van der Waals surface area (Å²) in [5.74, 6) is -2.14. The summed E-state index contributed by atoms with van der Waals surface area (Å²) < 4.78 is 12.7. The molecule has 12 heteroatoms. The summed E-state index contributed by atoms with van der Waals surface area (Å²) in [6.07, 6.45) is 2.40. The maximum Gasteiger partial charge on any atom is 0.355 e. The number of amides is 1. The molecule has 0 spiro atoms. The molecule has 0 bridgehead atoms. The van der Waals surface area contributed by atoms with Gasteiger partial charge in [-0.25, -0.2) is 9.78 Å². The van der Waals surface area contributed by atoms with Crippen LogP contribution in [0, 0.1) is 5.92 Å². The van der Waals surface area contributed by atoms with E-state index in [1.54, 1.807) is 24.5 Å². The van der Waals surface area contributed by atoms with Crippen LogP contribution in [0.4, 0.5) is 0 Å². The number of fused-ring (bicyclic) bond motifs is 5. The smallest absolute Gasteiger partial charge is 0.355 e. The summed E-state index contributed by atoms with van der Waals surface area (Å²) >= 11 is 0. The fourth-order valence-electron chi connectivity index (χ4n) is 6.04. The summed E-state index contributed by atoms with van der Waals surface area (Å²) in [5, 5.41) is 6.45. The lowest BCUT2D eigenvalue weighted by Gasteiger charge is -2.35. The predicted molar refractivity (Wildman–Crippen MR) is 172 cm³/mol. The Morgan fingerprint density at radius 1 is 1.09 bits per heavy atom. The molecule has 2 aromatic heterocycles.